The van der Waals surface area contributed by atoms with Crippen molar-refractivity contribution in [2.24, 2.45) is 5.73 Å². The minimum absolute atomic E-state index is 0.0432. The van der Waals surface area contributed by atoms with Crippen LogP contribution in [0.4, 0.5) is 0 Å². The number of ether oxygens (including phenoxy) is 1. The molecule has 0 aliphatic rings. The molecular formula is C14H17NOS. The monoisotopic (exact) mass is 247 g/mol. The number of methoxy groups -OCH3 is 1. The van der Waals surface area contributed by atoms with Gasteiger partial charge in [0.05, 0.1) is 13.2 Å². The van der Waals surface area contributed by atoms with Crippen LogP contribution in [0.5, 0.6) is 5.75 Å². The Kier molecular flexibility index (Phi) is 3.50. The molecule has 0 aliphatic heterocycles. The second kappa shape index (κ2) is 4.90. The molecule has 0 amide bonds. The molecule has 0 radical (unpaired) electrons. The summed E-state index contributed by atoms with van der Waals surface area (Å²) in [5.41, 5.74) is 8.69. The van der Waals surface area contributed by atoms with Crippen LogP contribution in [0, 0.1) is 13.8 Å². The summed E-state index contributed by atoms with van der Waals surface area (Å²) in [5.74, 6) is 0.861. The van der Waals surface area contributed by atoms with Crippen LogP contribution in [-0.4, -0.2) is 7.11 Å². The minimum Gasteiger partial charge on any atom is -0.497 e. The molecule has 1 atom stereocenters. The van der Waals surface area contributed by atoms with Crippen molar-refractivity contribution in [2.45, 2.75) is 19.9 Å². The molecule has 1 heterocycles. The van der Waals surface area contributed by atoms with E-state index in [0.717, 1.165) is 11.3 Å². The maximum atomic E-state index is 6.26. The molecule has 0 spiro atoms. The third kappa shape index (κ3) is 2.51. The highest BCUT2D eigenvalue weighted by Crippen LogP contribution is 2.29. The van der Waals surface area contributed by atoms with Crippen LogP contribution < -0.4 is 10.5 Å². The van der Waals surface area contributed by atoms with Gasteiger partial charge in [0.1, 0.15) is 5.75 Å². The van der Waals surface area contributed by atoms with Crippen molar-refractivity contribution >= 4 is 11.3 Å². The van der Waals surface area contributed by atoms with Crippen molar-refractivity contribution < 1.29 is 4.74 Å². The fraction of sp³-hybridized carbons (Fsp3) is 0.286. The zero-order chi connectivity index (χ0) is 12.4. The number of nitrogens with two attached hydrogens (primary N) is 1. The quantitative estimate of drug-likeness (QED) is 0.902. The predicted molar refractivity (Wildman–Crippen MR) is 72.8 cm³/mol. The van der Waals surface area contributed by atoms with E-state index < -0.39 is 0 Å². The SMILES string of the molecule is COc1ccc(C(N)c2cc(C)c(C)s2)cc1. The molecule has 1 aromatic carbocycles. The first kappa shape index (κ1) is 12.1. The Labute approximate surface area is 106 Å². The molecule has 17 heavy (non-hydrogen) atoms. The summed E-state index contributed by atoms with van der Waals surface area (Å²) < 4.78 is 5.14. The first-order valence-corrected chi connectivity index (χ1v) is 6.40. The molecule has 0 saturated heterocycles. The molecular weight excluding hydrogens is 230 g/mol. The lowest BCUT2D eigenvalue weighted by molar-refractivity contribution is 0.414. The smallest absolute Gasteiger partial charge is 0.118 e. The molecule has 0 aliphatic carbocycles. The fourth-order valence-electron chi connectivity index (χ4n) is 1.73. The number of benzene rings is 1. The lowest BCUT2D eigenvalue weighted by Crippen LogP contribution is -2.09. The van der Waals surface area contributed by atoms with Crippen LogP contribution >= 0.6 is 11.3 Å². The summed E-state index contributed by atoms with van der Waals surface area (Å²) in [6.07, 6.45) is 0. The summed E-state index contributed by atoms with van der Waals surface area (Å²) >= 11 is 1.77. The zero-order valence-electron chi connectivity index (χ0n) is 10.4. The molecule has 0 fully saturated rings. The third-order valence-electron chi connectivity index (χ3n) is 2.97. The van der Waals surface area contributed by atoms with Gasteiger partial charge in [0, 0.05) is 9.75 Å². The van der Waals surface area contributed by atoms with Crippen molar-refractivity contribution in [2.75, 3.05) is 7.11 Å². The van der Waals surface area contributed by atoms with E-state index in [1.165, 1.54) is 15.3 Å². The van der Waals surface area contributed by atoms with Crippen molar-refractivity contribution in [3.8, 4) is 5.75 Å². The van der Waals surface area contributed by atoms with E-state index in [2.05, 4.69) is 19.9 Å². The standard InChI is InChI=1S/C14H17NOS/c1-9-8-13(17-10(9)2)14(15)11-4-6-12(16-3)7-5-11/h4-8,14H,15H2,1-3H3. The van der Waals surface area contributed by atoms with Crippen LogP contribution in [-0.2, 0) is 0 Å². The molecule has 90 valence electrons. The normalized spacial score (nSPS) is 12.5. The molecule has 2 nitrogen and oxygen atoms in total. The molecule has 0 saturated carbocycles. The Balaban J connectivity index is 2.26. The van der Waals surface area contributed by atoms with Gasteiger partial charge in [-0.1, -0.05) is 12.1 Å². The molecule has 1 aromatic heterocycles. The van der Waals surface area contributed by atoms with Gasteiger partial charge in [-0.15, -0.1) is 11.3 Å². The summed E-state index contributed by atoms with van der Waals surface area (Å²) in [6.45, 7) is 4.25. The summed E-state index contributed by atoms with van der Waals surface area (Å²) in [6, 6.07) is 10.1. The molecule has 2 rings (SSSR count). The van der Waals surface area contributed by atoms with Gasteiger partial charge in [-0.2, -0.15) is 0 Å². The molecule has 1 unspecified atom stereocenters. The number of thiophene rings is 1. The number of hydrogen-bond donors (Lipinski definition) is 1. The second-order valence-electron chi connectivity index (χ2n) is 4.14. The van der Waals surface area contributed by atoms with E-state index >= 15 is 0 Å². The second-order valence-corrected chi connectivity index (χ2v) is 5.43. The highest BCUT2D eigenvalue weighted by atomic mass is 32.1. The molecule has 2 N–H and O–H groups in total. The highest BCUT2D eigenvalue weighted by molar-refractivity contribution is 7.12. The van der Waals surface area contributed by atoms with E-state index in [-0.39, 0.29) is 6.04 Å². The fourth-order valence-corrected chi connectivity index (χ4v) is 2.80. The summed E-state index contributed by atoms with van der Waals surface area (Å²) in [7, 11) is 1.67. The molecule has 0 bridgehead atoms. The van der Waals surface area contributed by atoms with E-state index in [0.29, 0.717) is 0 Å². The van der Waals surface area contributed by atoms with Crippen LogP contribution in [0.1, 0.15) is 26.9 Å². The van der Waals surface area contributed by atoms with E-state index in [1.54, 1.807) is 18.4 Å². The zero-order valence-corrected chi connectivity index (χ0v) is 11.2. The van der Waals surface area contributed by atoms with Crippen molar-refractivity contribution in [1.29, 1.82) is 0 Å². The van der Waals surface area contributed by atoms with Crippen LogP contribution in [0.2, 0.25) is 0 Å². The van der Waals surface area contributed by atoms with Crippen molar-refractivity contribution in [3.63, 3.8) is 0 Å². The van der Waals surface area contributed by atoms with Gasteiger partial charge in [0.25, 0.3) is 0 Å². The third-order valence-corrected chi connectivity index (χ3v) is 4.20. The van der Waals surface area contributed by atoms with Crippen LogP contribution in [0.15, 0.2) is 30.3 Å². The van der Waals surface area contributed by atoms with Gasteiger partial charge >= 0.3 is 0 Å². The lowest BCUT2D eigenvalue weighted by Gasteiger charge is -2.10. The maximum Gasteiger partial charge on any atom is 0.118 e. The average molecular weight is 247 g/mol. The van der Waals surface area contributed by atoms with Gasteiger partial charge in [-0.25, -0.2) is 0 Å². The van der Waals surface area contributed by atoms with Gasteiger partial charge in [0.15, 0.2) is 0 Å². The van der Waals surface area contributed by atoms with Crippen molar-refractivity contribution in [3.05, 3.63) is 51.2 Å². The highest BCUT2D eigenvalue weighted by Gasteiger charge is 2.12. The largest absolute Gasteiger partial charge is 0.497 e. The van der Waals surface area contributed by atoms with Crippen LogP contribution in [0.25, 0.3) is 0 Å². The Morgan fingerprint density at radius 3 is 2.29 bits per heavy atom. The Morgan fingerprint density at radius 2 is 1.82 bits per heavy atom. The van der Waals surface area contributed by atoms with Gasteiger partial charge in [0.2, 0.25) is 0 Å². The van der Waals surface area contributed by atoms with Gasteiger partial charge in [-0.05, 0) is 43.2 Å². The molecule has 2 aromatic rings. The average Bonchev–Trinajstić information content (AvgIpc) is 2.69. The topological polar surface area (TPSA) is 35.2 Å². The first-order valence-electron chi connectivity index (χ1n) is 5.58. The minimum atomic E-state index is -0.0432. The number of aryl methyl sites for hydroxylation is 2. The van der Waals surface area contributed by atoms with Crippen LogP contribution in [0.3, 0.4) is 0 Å². The Morgan fingerprint density at radius 1 is 1.18 bits per heavy atom. The van der Waals surface area contributed by atoms with Gasteiger partial charge < -0.3 is 10.5 Å². The number of rotatable bonds is 3. The molecule has 3 heteroatoms. The van der Waals surface area contributed by atoms with E-state index in [1.807, 2.05) is 24.3 Å². The summed E-state index contributed by atoms with van der Waals surface area (Å²) in [4.78, 5) is 2.55. The summed E-state index contributed by atoms with van der Waals surface area (Å²) in [5, 5.41) is 0. The van der Waals surface area contributed by atoms with Gasteiger partial charge in [-0.3, -0.25) is 0 Å². The Bertz CT molecular complexity index is 482. The first-order chi connectivity index (χ1) is 8.11. The van der Waals surface area contributed by atoms with E-state index in [9.17, 15) is 0 Å². The maximum absolute atomic E-state index is 6.26. The predicted octanol–water partition coefficient (Wildman–Crippen LogP) is 3.42. The lowest BCUT2D eigenvalue weighted by atomic mass is 10.1. The van der Waals surface area contributed by atoms with E-state index in [4.69, 9.17) is 10.5 Å². The van der Waals surface area contributed by atoms with Crippen molar-refractivity contribution in [1.82, 2.24) is 0 Å². The Hall–Kier alpha value is -1.32. The number of hydrogen-bond acceptors (Lipinski definition) is 3.